The molecule has 26 heavy (non-hydrogen) atoms. The summed E-state index contributed by atoms with van der Waals surface area (Å²) in [5.41, 5.74) is 1.19. The molecule has 0 saturated carbocycles. The van der Waals surface area contributed by atoms with Crippen LogP contribution in [0.4, 0.5) is 0 Å². The molecular formula is C20H20N2O4. The van der Waals surface area contributed by atoms with Gasteiger partial charge < -0.3 is 14.8 Å². The number of nitrogens with zero attached hydrogens (tertiary/aromatic N) is 1. The molecular weight excluding hydrogens is 332 g/mol. The minimum Gasteiger partial charge on any atom is -0.497 e. The summed E-state index contributed by atoms with van der Waals surface area (Å²) in [4.78, 5) is 24.2. The standard InChI is InChI=1S/C20H20N2O4/c1-14(23)22-13-18(17-5-3-4-6-19(17)22)20(24)21-11-12-26-16-9-7-15(25-2)8-10-16/h3-10,13H,11-12H2,1-2H3,(H,21,24). The smallest absolute Gasteiger partial charge is 0.253 e. The summed E-state index contributed by atoms with van der Waals surface area (Å²) in [6.45, 7) is 2.16. The van der Waals surface area contributed by atoms with Crippen LogP contribution in [-0.2, 0) is 0 Å². The van der Waals surface area contributed by atoms with Crippen molar-refractivity contribution in [1.29, 1.82) is 0 Å². The van der Waals surface area contributed by atoms with Gasteiger partial charge >= 0.3 is 0 Å². The van der Waals surface area contributed by atoms with Gasteiger partial charge in [-0.05, 0) is 30.3 Å². The minimum absolute atomic E-state index is 0.136. The molecule has 3 rings (SSSR count). The number of carbonyl (C=O) groups excluding carboxylic acids is 2. The number of aromatic nitrogens is 1. The lowest BCUT2D eigenvalue weighted by molar-refractivity contribution is 0.0941. The molecule has 134 valence electrons. The number of rotatable bonds is 6. The maximum absolute atomic E-state index is 12.5. The van der Waals surface area contributed by atoms with Crippen molar-refractivity contribution >= 4 is 22.7 Å². The van der Waals surface area contributed by atoms with Crippen LogP contribution in [0.3, 0.4) is 0 Å². The Labute approximate surface area is 151 Å². The van der Waals surface area contributed by atoms with Gasteiger partial charge in [-0.2, -0.15) is 0 Å². The van der Waals surface area contributed by atoms with Crippen molar-refractivity contribution in [3.8, 4) is 11.5 Å². The summed E-state index contributed by atoms with van der Waals surface area (Å²) >= 11 is 0. The molecule has 0 spiro atoms. The topological polar surface area (TPSA) is 69.6 Å². The van der Waals surface area contributed by atoms with E-state index in [0.717, 1.165) is 16.7 Å². The number of amides is 1. The number of hydrogen-bond acceptors (Lipinski definition) is 4. The van der Waals surface area contributed by atoms with Gasteiger partial charge in [-0.25, -0.2) is 0 Å². The predicted octanol–water partition coefficient (Wildman–Crippen LogP) is 3.12. The number of ether oxygens (including phenoxy) is 2. The molecule has 0 aliphatic rings. The van der Waals surface area contributed by atoms with Crippen molar-refractivity contribution in [2.75, 3.05) is 20.3 Å². The molecule has 1 heterocycles. The third-order valence-electron chi connectivity index (χ3n) is 4.01. The summed E-state index contributed by atoms with van der Waals surface area (Å²) in [5.74, 6) is 1.09. The van der Waals surface area contributed by atoms with Crippen LogP contribution in [0.1, 0.15) is 22.1 Å². The van der Waals surface area contributed by atoms with E-state index in [1.54, 1.807) is 25.4 Å². The van der Waals surface area contributed by atoms with E-state index < -0.39 is 0 Å². The van der Waals surface area contributed by atoms with Gasteiger partial charge in [-0.1, -0.05) is 18.2 Å². The summed E-state index contributed by atoms with van der Waals surface area (Å²) in [6, 6.07) is 14.6. The Morgan fingerprint density at radius 1 is 1.04 bits per heavy atom. The SMILES string of the molecule is COc1ccc(OCCNC(=O)c2cn(C(C)=O)c3ccccc23)cc1. The molecule has 1 N–H and O–H groups in total. The van der Waals surface area contributed by atoms with Crippen LogP contribution in [0, 0.1) is 0 Å². The van der Waals surface area contributed by atoms with Gasteiger partial charge in [0.15, 0.2) is 0 Å². The highest BCUT2D eigenvalue weighted by atomic mass is 16.5. The first-order valence-corrected chi connectivity index (χ1v) is 8.26. The Hall–Kier alpha value is -3.28. The zero-order chi connectivity index (χ0) is 18.5. The fourth-order valence-electron chi connectivity index (χ4n) is 2.72. The molecule has 6 heteroatoms. The number of fused-ring (bicyclic) bond motifs is 1. The van der Waals surface area contributed by atoms with Crippen molar-refractivity contribution < 1.29 is 19.1 Å². The maximum atomic E-state index is 12.5. The summed E-state index contributed by atoms with van der Waals surface area (Å²) in [7, 11) is 1.61. The van der Waals surface area contributed by atoms with E-state index in [4.69, 9.17) is 9.47 Å². The normalized spacial score (nSPS) is 10.5. The number of para-hydroxylation sites is 1. The van der Waals surface area contributed by atoms with E-state index in [0.29, 0.717) is 24.5 Å². The molecule has 0 bridgehead atoms. The van der Waals surface area contributed by atoms with Crippen molar-refractivity contribution in [3.63, 3.8) is 0 Å². The molecule has 0 saturated heterocycles. The molecule has 0 atom stereocenters. The van der Waals surface area contributed by atoms with E-state index >= 15 is 0 Å². The van der Waals surface area contributed by atoms with E-state index in [2.05, 4.69) is 5.32 Å². The average Bonchev–Trinajstić information content (AvgIpc) is 3.05. The van der Waals surface area contributed by atoms with Crippen molar-refractivity contribution in [2.45, 2.75) is 6.92 Å². The van der Waals surface area contributed by atoms with Gasteiger partial charge in [0.2, 0.25) is 5.91 Å². The number of benzene rings is 2. The second-order valence-electron chi connectivity index (χ2n) is 5.73. The van der Waals surface area contributed by atoms with E-state index in [1.807, 2.05) is 36.4 Å². The first-order valence-electron chi connectivity index (χ1n) is 8.26. The van der Waals surface area contributed by atoms with Gasteiger partial charge in [0, 0.05) is 18.5 Å². The number of hydrogen-bond donors (Lipinski definition) is 1. The third-order valence-corrected chi connectivity index (χ3v) is 4.01. The van der Waals surface area contributed by atoms with Crippen molar-refractivity contribution in [2.24, 2.45) is 0 Å². The summed E-state index contributed by atoms with van der Waals surface area (Å²) in [5, 5.41) is 3.57. The Bertz CT molecular complexity index is 929. The highest BCUT2D eigenvalue weighted by Gasteiger charge is 2.16. The summed E-state index contributed by atoms with van der Waals surface area (Å²) in [6.07, 6.45) is 1.58. The van der Waals surface area contributed by atoms with Crippen molar-refractivity contribution in [3.05, 3.63) is 60.3 Å². The molecule has 0 aliphatic carbocycles. The third kappa shape index (κ3) is 3.69. The largest absolute Gasteiger partial charge is 0.497 e. The molecule has 0 unspecified atom stereocenters. The zero-order valence-corrected chi connectivity index (χ0v) is 14.7. The van der Waals surface area contributed by atoms with Gasteiger partial charge in [0.05, 0.1) is 24.7 Å². The van der Waals surface area contributed by atoms with Gasteiger partial charge in [0.1, 0.15) is 18.1 Å². The van der Waals surface area contributed by atoms with Crippen molar-refractivity contribution in [1.82, 2.24) is 9.88 Å². The Kier molecular flexibility index (Phi) is 5.22. The lowest BCUT2D eigenvalue weighted by atomic mass is 10.1. The van der Waals surface area contributed by atoms with Crippen LogP contribution in [0.5, 0.6) is 11.5 Å². The molecule has 2 aromatic carbocycles. The summed E-state index contributed by atoms with van der Waals surface area (Å²) < 4.78 is 12.2. The van der Waals surface area contributed by atoms with E-state index in [-0.39, 0.29) is 11.8 Å². The molecule has 3 aromatic rings. The first kappa shape index (κ1) is 17.5. The quantitative estimate of drug-likeness (QED) is 0.692. The van der Waals surface area contributed by atoms with E-state index in [9.17, 15) is 9.59 Å². The fraction of sp³-hybridized carbons (Fsp3) is 0.200. The molecule has 0 aliphatic heterocycles. The molecule has 1 amide bonds. The van der Waals surface area contributed by atoms with Crippen LogP contribution < -0.4 is 14.8 Å². The molecule has 6 nitrogen and oxygen atoms in total. The highest BCUT2D eigenvalue weighted by Crippen LogP contribution is 2.21. The maximum Gasteiger partial charge on any atom is 0.253 e. The molecule has 0 fully saturated rings. The van der Waals surface area contributed by atoms with Crippen LogP contribution in [0.15, 0.2) is 54.7 Å². The first-order chi connectivity index (χ1) is 12.6. The Balaban J connectivity index is 1.61. The predicted molar refractivity (Wildman–Crippen MR) is 99.1 cm³/mol. The zero-order valence-electron chi connectivity index (χ0n) is 14.7. The number of nitrogens with one attached hydrogen (secondary N) is 1. The highest BCUT2D eigenvalue weighted by molar-refractivity contribution is 6.09. The van der Waals surface area contributed by atoms with Crippen LogP contribution in [0.25, 0.3) is 10.9 Å². The second-order valence-corrected chi connectivity index (χ2v) is 5.73. The van der Waals surface area contributed by atoms with E-state index in [1.165, 1.54) is 11.5 Å². The van der Waals surface area contributed by atoms with Gasteiger partial charge in [-0.3, -0.25) is 14.2 Å². The lowest BCUT2D eigenvalue weighted by Gasteiger charge is -2.08. The minimum atomic E-state index is -0.237. The Morgan fingerprint density at radius 2 is 1.73 bits per heavy atom. The average molecular weight is 352 g/mol. The monoisotopic (exact) mass is 352 g/mol. The molecule has 0 radical (unpaired) electrons. The Morgan fingerprint density at radius 3 is 2.42 bits per heavy atom. The van der Waals surface area contributed by atoms with Crippen LogP contribution >= 0.6 is 0 Å². The van der Waals surface area contributed by atoms with Gasteiger partial charge in [0.25, 0.3) is 5.91 Å². The lowest BCUT2D eigenvalue weighted by Crippen LogP contribution is -2.28. The van der Waals surface area contributed by atoms with Crippen LogP contribution in [0.2, 0.25) is 0 Å². The van der Waals surface area contributed by atoms with Gasteiger partial charge in [-0.15, -0.1) is 0 Å². The fourth-order valence-corrected chi connectivity index (χ4v) is 2.72. The van der Waals surface area contributed by atoms with Crippen LogP contribution in [-0.4, -0.2) is 36.6 Å². The second kappa shape index (κ2) is 7.74. The number of carbonyl (C=O) groups is 2. The molecule has 1 aromatic heterocycles. The number of methoxy groups -OCH3 is 1.